The number of anilines is 1. The Hall–Kier alpha value is -2.90. The number of carbonyl (C=O) groups excluding carboxylic acids is 1. The summed E-state index contributed by atoms with van der Waals surface area (Å²) in [6.45, 7) is 3.63. The lowest BCUT2D eigenvalue weighted by Gasteiger charge is -2.36. The minimum Gasteiger partial charge on any atom is -0.494 e. The van der Waals surface area contributed by atoms with E-state index in [1.807, 2.05) is 4.90 Å². The van der Waals surface area contributed by atoms with Crippen molar-refractivity contribution in [2.45, 2.75) is 13.0 Å². The molecule has 8 heteroatoms. The number of ether oxygens (including phenoxy) is 1. The van der Waals surface area contributed by atoms with Gasteiger partial charge in [0.2, 0.25) is 0 Å². The number of rotatable bonds is 4. The smallest absolute Gasteiger partial charge is 0.317 e. The van der Waals surface area contributed by atoms with Gasteiger partial charge in [-0.2, -0.15) is 0 Å². The third-order valence-electron chi connectivity index (χ3n) is 4.68. The lowest BCUT2D eigenvalue weighted by atomic mass is 10.1. The summed E-state index contributed by atoms with van der Waals surface area (Å²) >= 11 is 0. The summed E-state index contributed by atoms with van der Waals surface area (Å²) in [6, 6.07) is 5.67. The van der Waals surface area contributed by atoms with Crippen LogP contribution in [0.3, 0.4) is 0 Å². The Balaban J connectivity index is 1.59. The molecule has 0 unspecified atom stereocenters. The standard InChI is InChI=1S/C19H22F2N4O2/c1-13(14-4-3-5-17(27-2)18(14)21)23-19(26)25-10-8-24(9-11-25)16-6-7-22-12-15(16)20/h3-7,12-13H,8-11H2,1-2H3,(H,23,26)/t13-/m1/s1. The average Bonchev–Trinajstić information content (AvgIpc) is 2.68. The number of nitrogens with zero attached hydrogens (tertiary/aromatic N) is 3. The number of benzene rings is 1. The van der Waals surface area contributed by atoms with Crippen molar-refractivity contribution in [1.29, 1.82) is 0 Å². The summed E-state index contributed by atoms with van der Waals surface area (Å²) in [5.74, 6) is -0.718. The lowest BCUT2D eigenvalue weighted by molar-refractivity contribution is 0.190. The van der Waals surface area contributed by atoms with Gasteiger partial charge < -0.3 is 19.9 Å². The molecule has 1 atom stereocenters. The SMILES string of the molecule is COc1cccc([C@@H](C)NC(=O)N2CCN(c3ccncc3F)CC2)c1F. The van der Waals surface area contributed by atoms with Crippen molar-refractivity contribution in [3.8, 4) is 5.75 Å². The van der Waals surface area contributed by atoms with Gasteiger partial charge in [-0.15, -0.1) is 0 Å². The van der Waals surface area contributed by atoms with Crippen LogP contribution < -0.4 is 15.0 Å². The second kappa shape index (κ2) is 8.20. The Labute approximate surface area is 156 Å². The number of halogens is 2. The van der Waals surface area contributed by atoms with Crippen molar-refractivity contribution in [2.24, 2.45) is 0 Å². The van der Waals surface area contributed by atoms with Gasteiger partial charge in [-0.05, 0) is 19.1 Å². The van der Waals surface area contributed by atoms with Crippen LogP contribution in [-0.4, -0.2) is 49.2 Å². The number of urea groups is 1. The van der Waals surface area contributed by atoms with E-state index >= 15 is 0 Å². The van der Waals surface area contributed by atoms with Gasteiger partial charge in [-0.1, -0.05) is 12.1 Å². The van der Waals surface area contributed by atoms with Gasteiger partial charge in [0, 0.05) is 37.9 Å². The van der Waals surface area contributed by atoms with E-state index in [4.69, 9.17) is 4.74 Å². The van der Waals surface area contributed by atoms with Crippen LogP contribution in [0.4, 0.5) is 19.3 Å². The van der Waals surface area contributed by atoms with E-state index in [-0.39, 0.29) is 17.6 Å². The number of hydrogen-bond donors (Lipinski definition) is 1. The van der Waals surface area contributed by atoms with Gasteiger partial charge in [-0.25, -0.2) is 13.6 Å². The molecule has 0 radical (unpaired) electrons. The van der Waals surface area contributed by atoms with Gasteiger partial charge >= 0.3 is 6.03 Å². The molecule has 2 aromatic rings. The average molecular weight is 376 g/mol. The van der Waals surface area contributed by atoms with Crippen molar-refractivity contribution in [1.82, 2.24) is 15.2 Å². The number of carbonyl (C=O) groups is 1. The quantitative estimate of drug-likeness (QED) is 0.891. The molecule has 0 aliphatic carbocycles. The van der Waals surface area contributed by atoms with Crippen LogP contribution in [0.15, 0.2) is 36.7 Å². The molecule has 144 valence electrons. The Bertz CT molecular complexity index is 810. The molecule has 1 aliphatic rings. The molecular formula is C19H22F2N4O2. The van der Waals surface area contributed by atoms with E-state index in [9.17, 15) is 13.6 Å². The molecule has 6 nitrogen and oxygen atoms in total. The maximum atomic E-state index is 14.4. The zero-order valence-corrected chi connectivity index (χ0v) is 15.3. The molecule has 1 aromatic heterocycles. The molecule has 0 spiro atoms. The summed E-state index contributed by atoms with van der Waals surface area (Å²) in [5, 5.41) is 2.81. The maximum absolute atomic E-state index is 14.4. The molecule has 1 fully saturated rings. The highest BCUT2D eigenvalue weighted by Crippen LogP contribution is 2.25. The van der Waals surface area contributed by atoms with Crippen molar-refractivity contribution in [3.05, 3.63) is 53.9 Å². The van der Waals surface area contributed by atoms with Gasteiger partial charge in [0.25, 0.3) is 0 Å². The van der Waals surface area contributed by atoms with Gasteiger partial charge in [-0.3, -0.25) is 4.98 Å². The first-order valence-electron chi connectivity index (χ1n) is 8.73. The zero-order valence-electron chi connectivity index (χ0n) is 15.3. The van der Waals surface area contributed by atoms with Gasteiger partial charge in [0.15, 0.2) is 17.4 Å². The largest absolute Gasteiger partial charge is 0.494 e. The van der Waals surface area contributed by atoms with E-state index in [1.54, 1.807) is 36.2 Å². The first-order chi connectivity index (χ1) is 13.0. The second-order valence-electron chi connectivity index (χ2n) is 6.34. The predicted octanol–water partition coefficient (Wildman–Crippen LogP) is 2.96. The Kier molecular flexibility index (Phi) is 5.73. The number of amides is 2. The predicted molar refractivity (Wildman–Crippen MR) is 97.9 cm³/mol. The Morgan fingerprint density at radius 2 is 1.96 bits per heavy atom. The summed E-state index contributed by atoms with van der Waals surface area (Å²) in [7, 11) is 1.40. The van der Waals surface area contributed by atoms with Crippen LogP contribution in [0.5, 0.6) is 5.75 Å². The number of hydrogen-bond acceptors (Lipinski definition) is 4. The molecule has 27 heavy (non-hydrogen) atoms. The Morgan fingerprint density at radius 3 is 2.63 bits per heavy atom. The van der Waals surface area contributed by atoms with E-state index in [2.05, 4.69) is 10.3 Å². The molecule has 1 aromatic carbocycles. The monoisotopic (exact) mass is 376 g/mol. The summed E-state index contributed by atoms with van der Waals surface area (Å²) in [4.78, 5) is 19.8. The molecule has 1 N–H and O–H groups in total. The van der Waals surface area contributed by atoms with Crippen LogP contribution in [0.1, 0.15) is 18.5 Å². The summed E-state index contributed by atoms with van der Waals surface area (Å²) in [5.41, 5.74) is 0.845. The molecule has 0 bridgehead atoms. The number of pyridine rings is 1. The summed E-state index contributed by atoms with van der Waals surface area (Å²) < 4.78 is 33.2. The van der Waals surface area contributed by atoms with E-state index in [0.717, 1.165) is 0 Å². The molecular weight excluding hydrogens is 354 g/mol. The van der Waals surface area contributed by atoms with Gasteiger partial charge in [0.1, 0.15) is 0 Å². The van der Waals surface area contributed by atoms with E-state index < -0.39 is 11.9 Å². The fourth-order valence-corrected chi connectivity index (χ4v) is 3.15. The minimum absolute atomic E-state index is 0.140. The van der Waals surface area contributed by atoms with E-state index in [0.29, 0.717) is 37.4 Å². The molecule has 1 aliphatic heterocycles. The maximum Gasteiger partial charge on any atom is 0.317 e. The summed E-state index contributed by atoms with van der Waals surface area (Å²) in [6.07, 6.45) is 2.72. The van der Waals surface area contributed by atoms with Crippen molar-refractivity contribution >= 4 is 11.7 Å². The van der Waals surface area contributed by atoms with Crippen LogP contribution >= 0.6 is 0 Å². The third-order valence-corrected chi connectivity index (χ3v) is 4.68. The fourth-order valence-electron chi connectivity index (χ4n) is 3.15. The van der Waals surface area contributed by atoms with Crippen LogP contribution in [-0.2, 0) is 0 Å². The minimum atomic E-state index is -0.511. The topological polar surface area (TPSA) is 57.7 Å². The van der Waals surface area contributed by atoms with Crippen LogP contribution in [0.25, 0.3) is 0 Å². The third kappa shape index (κ3) is 4.10. The first kappa shape index (κ1) is 18.9. The fraction of sp³-hybridized carbons (Fsp3) is 0.368. The highest BCUT2D eigenvalue weighted by atomic mass is 19.1. The number of nitrogens with one attached hydrogen (secondary N) is 1. The lowest BCUT2D eigenvalue weighted by Crippen LogP contribution is -2.52. The number of methoxy groups -OCH3 is 1. The normalized spacial score (nSPS) is 15.4. The van der Waals surface area contributed by atoms with Crippen LogP contribution in [0.2, 0.25) is 0 Å². The molecule has 0 saturated carbocycles. The van der Waals surface area contributed by atoms with Gasteiger partial charge in [0.05, 0.1) is 25.0 Å². The molecule has 2 heterocycles. The van der Waals surface area contributed by atoms with E-state index in [1.165, 1.54) is 19.4 Å². The van der Waals surface area contributed by atoms with Crippen molar-refractivity contribution in [3.63, 3.8) is 0 Å². The zero-order chi connectivity index (χ0) is 19.4. The second-order valence-corrected chi connectivity index (χ2v) is 6.34. The molecule has 3 rings (SSSR count). The first-order valence-corrected chi connectivity index (χ1v) is 8.73. The molecule has 1 saturated heterocycles. The highest BCUT2D eigenvalue weighted by molar-refractivity contribution is 5.75. The van der Waals surface area contributed by atoms with Crippen LogP contribution in [0, 0.1) is 11.6 Å². The number of aromatic nitrogens is 1. The van der Waals surface area contributed by atoms with Crippen molar-refractivity contribution < 1.29 is 18.3 Å². The molecule has 2 amide bonds. The van der Waals surface area contributed by atoms with Crippen molar-refractivity contribution in [2.75, 3.05) is 38.2 Å². The highest BCUT2D eigenvalue weighted by Gasteiger charge is 2.25. The Morgan fingerprint density at radius 1 is 1.22 bits per heavy atom. The number of piperazine rings is 1.